The van der Waals surface area contributed by atoms with E-state index in [1.807, 2.05) is 11.8 Å². The predicted octanol–water partition coefficient (Wildman–Crippen LogP) is 2.39. The molecule has 0 heterocycles. The lowest BCUT2D eigenvalue weighted by Gasteiger charge is -2.20. The van der Waals surface area contributed by atoms with Gasteiger partial charge in [0.25, 0.3) is 5.91 Å². The Balaban J connectivity index is 1.82. The molecule has 0 aliphatic heterocycles. The van der Waals surface area contributed by atoms with Gasteiger partial charge in [0.1, 0.15) is 0 Å². The third-order valence-electron chi connectivity index (χ3n) is 3.97. The molecular formula is C16H24N2O3S2. The number of hydrogen-bond acceptors (Lipinski definition) is 4. The molecule has 0 unspecified atom stereocenters. The second-order valence-electron chi connectivity index (χ2n) is 5.62. The fraction of sp³-hybridized carbons (Fsp3) is 0.562. The zero-order valence-corrected chi connectivity index (χ0v) is 15.0. The molecule has 1 saturated carbocycles. The van der Waals surface area contributed by atoms with Gasteiger partial charge in [0.15, 0.2) is 0 Å². The van der Waals surface area contributed by atoms with Gasteiger partial charge in [-0.15, -0.1) is 0 Å². The zero-order chi connectivity index (χ0) is 16.7. The Morgan fingerprint density at radius 3 is 2.70 bits per heavy atom. The third-order valence-corrected chi connectivity index (χ3v) is 6.76. The van der Waals surface area contributed by atoms with Crippen LogP contribution in [0, 0.1) is 0 Å². The van der Waals surface area contributed by atoms with Crippen LogP contribution in [0.3, 0.4) is 0 Å². The number of nitrogens with one attached hydrogen (secondary N) is 2. The average molecular weight is 357 g/mol. The minimum atomic E-state index is -3.53. The van der Waals surface area contributed by atoms with Crippen molar-refractivity contribution in [2.75, 3.05) is 19.3 Å². The molecule has 1 aliphatic carbocycles. The van der Waals surface area contributed by atoms with Crippen molar-refractivity contribution in [1.82, 2.24) is 10.0 Å². The van der Waals surface area contributed by atoms with E-state index in [9.17, 15) is 13.2 Å². The highest BCUT2D eigenvalue weighted by Gasteiger charge is 2.15. The van der Waals surface area contributed by atoms with Gasteiger partial charge in [0, 0.05) is 23.1 Å². The summed E-state index contributed by atoms with van der Waals surface area (Å²) in [6.07, 6.45) is 6.54. The first-order valence-electron chi connectivity index (χ1n) is 7.96. The van der Waals surface area contributed by atoms with E-state index in [4.69, 9.17) is 0 Å². The molecule has 23 heavy (non-hydrogen) atoms. The van der Waals surface area contributed by atoms with E-state index in [1.165, 1.54) is 51.3 Å². The van der Waals surface area contributed by atoms with Gasteiger partial charge in [-0.2, -0.15) is 11.8 Å². The summed E-state index contributed by atoms with van der Waals surface area (Å²) in [7, 11) is -2.18. The van der Waals surface area contributed by atoms with Crippen molar-refractivity contribution in [2.45, 2.75) is 42.2 Å². The highest BCUT2D eigenvalue weighted by molar-refractivity contribution is 7.99. The number of hydrogen-bond donors (Lipinski definition) is 2. The smallest absolute Gasteiger partial charge is 0.251 e. The van der Waals surface area contributed by atoms with Crippen molar-refractivity contribution in [3.05, 3.63) is 29.8 Å². The number of rotatable bonds is 7. The highest BCUT2D eigenvalue weighted by atomic mass is 32.2. The minimum absolute atomic E-state index is 0.101. The molecule has 0 atom stereocenters. The average Bonchev–Trinajstić information content (AvgIpc) is 2.59. The fourth-order valence-electron chi connectivity index (χ4n) is 2.65. The maximum absolute atomic E-state index is 12.1. The van der Waals surface area contributed by atoms with E-state index in [0.717, 1.165) is 11.0 Å². The quantitative estimate of drug-likeness (QED) is 0.736. The van der Waals surface area contributed by atoms with Gasteiger partial charge in [-0.3, -0.25) is 4.79 Å². The number of amides is 1. The number of carbonyl (C=O) groups is 1. The Bertz CT molecular complexity index is 626. The predicted molar refractivity (Wildman–Crippen MR) is 94.4 cm³/mol. The minimum Gasteiger partial charge on any atom is -0.351 e. The van der Waals surface area contributed by atoms with E-state index in [-0.39, 0.29) is 10.8 Å². The maximum atomic E-state index is 12.1. The summed E-state index contributed by atoms with van der Waals surface area (Å²) < 4.78 is 25.8. The molecular weight excluding hydrogens is 332 g/mol. The van der Waals surface area contributed by atoms with Crippen LogP contribution in [0.1, 0.15) is 42.5 Å². The molecule has 7 heteroatoms. The van der Waals surface area contributed by atoms with E-state index in [1.54, 1.807) is 12.1 Å². The van der Waals surface area contributed by atoms with Crippen molar-refractivity contribution in [3.63, 3.8) is 0 Å². The van der Waals surface area contributed by atoms with Gasteiger partial charge in [0.2, 0.25) is 10.0 Å². The molecule has 0 radical (unpaired) electrons. The molecule has 2 rings (SSSR count). The summed E-state index contributed by atoms with van der Waals surface area (Å²) >= 11 is 1.92. The maximum Gasteiger partial charge on any atom is 0.251 e. The molecule has 1 aliphatic rings. The topological polar surface area (TPSA) is 75.3 Å². The van der Waals surface area contributed by atoms with E-state index >= 15 is 0 Å². The van der Waals surface area contributed by atoms with Gasteiger partial charge in [-0.05, 0) is 38.1 Å². The lowest BCUT2D eigenvalue weighted by molar-refractivity contribution is 0.0956. The van der Waals surface area contributed by atoms with Crippen LogP contribution in [0.5, 0.6) is 0 Å². The van der Waals surface area contributed by atoms with E-state index in [0.29, 0.717) is 12.1 Å². The second kappa shape index (κ2) is 8.70. The Hall–Kier alpha value is -1.05. The normalized spacial score (nSPS) is 16.2. The summed E-state index contributed by atoms with van der Waals surface area (Å²) in [5, 5.41) is 3.59. The van der Waals surface area contributed by atoms with Crippen LogP contribution in [0.2, 0.25) is 0 Å². The Morgan fingerprint density at radius 1 is 1.26 bits per heavy atom. The molecule has 1 amide bonds. The number of benzene rings is 1. The van der Waals surface area contributed by atoms with Crippen LogP contribution in [0.25, 0.3) is 0 Å². The van der Waals surface area contributed by atoms with Crippen LogP contribution in [0.15, 0.2) is 29.2 Å². The summed E-state index contributed by atoms with van der Waals surface area (Å²) in [4.78, 5) is 12.2. The van der Waals surface area contributed by atoms with E-state index < -0.39 is 10.0 Å². The fourth-order valence-corrected chi connectivity index (χ4v) is 4.64. The van der Waals surface area contributed by atoms with E-state index in [2.05, 4.69) is 10.0 Å². The molecule has 5 nitrogen and oxygen atoms in total. The molecule has 0 saturated heterocycles. The molecule has 0 aromatic heterocycles. The first kappa shape index (κ1) is 18.3. The van der Waals surface area contributed by atoms with Crippen LogP contribution in [-0.4, -0.2) is 38.9 Å². The molecule has 2 N–H and O–H groups in total. The number of thioether (sulfide) groups is 1. The molecule has 128 valence electrons. The van der Waals surface area contributed by atoms with Gasteiger partial charge >= 0.3 is 0 Å². The second-order valence-corrected chi connectivity index (χ2v) is 8.92. The molecule has 1 aromatic carbocycles. The largest absolute Gasteiger partial charge is 0.351 e. The van der Waals surface area contributed by atoms with Gasteiger partial charge in [0.05, 0.1) is 4.90 Å². The van der Waals surface area contributed by atoms with Crippen LogP contribution in [0.4, 0.5) is 0 Å². The van der Waals surface area contributed by atoms with Crippen molar-refractivity contribution >= 4 is 27.7 Å². The Morgan fingerprint density at radius 2 is 2.00 bits per heavy atom. The number of sulfonamides is 1. The standard InChI is InChI=1S/C16H24N2O3S2/c1-17-23(20,21)15-9-5-6-13(12-15)16(19)18-10-11-22-14-7-3-2-4-8-14/h5-6,9,12,14,17H,2-4,7-8,10-11H2,1H3,(H,18,19). The Kier molecular flexibility index (Phi) is 6.92. The lowest BCUT2D eigenvalue weighted by Crippen LogP contribution is -2.27. The van der Waals surface area contributed by atoms with Crippen LogP contribution >= 0.6 is 11.8 Å². The van der Waals surface area contributed by atoms with Gasteiger partial charge in [-0.1, -0.05) is 25.3 Å². The number of carbonyl (C=O) groups excluding carboxylic acids is 1. The van der Waals surface area contributed by atoms with Gasteiger partial charge < -0.3 is 5.32 Å². The summed E-state index contributed by atoms with van der Waals surface area (Å²) in [6, 6.07) is 6.07. The van der Waals surface area contributed by atoms with Crippen LogP contribution < -0.4 is 10.0 Å². The van der Waals surface area contributed by atoms with Crippen LogP contribution in [-0.2, 0) is 10.0 Å². The first-order chi connectivity index (χ1) is 11.0. The van der Waals surface area contributed by atoms with Crippen molar-refractivity contribution in [2.24, 2.45) is 0 Å². The third kappa shape index (κ3) is 5.51. The summed E-state index contributed by atoms with van der Waals surface area (Å²) in [5.74, 6) is 0.660. The van der Waals surface area contributed by atoms with Crippen molar-refractivity contribution < 1.29 is 13.2 Å². The SMILES string of the molecule is CNS(=O)(=O)c1cccc(C(=O)NCCSC2CCCCC2)c1. The lowest BCUT2D eigenvalue weighted by atomic mass is 10.0. The highest BCUT2D eigenvalue weighted by Crippen LogP contribution is 2.27. The molecule has 1 fully saturated rings. The molecule has 1 aromatic rings. The van der Waals surface area contributed by atoms with Crippen molar-refractivity contribution in [1.29, 1.82) is 0 Å². The van der Waals surface area contributed by atoms with Gasteiger partial charge in [-0.25, -0.2) is 13.1 Å². The molecule has 0 spiro atoms. The summed E-state index contributed by atoms with van der Waals surface area (Å²) in [5.41, 5.74) is 0.365. The first-order valence-corrected chi connectivity index (χ1v) is 10.5. The summed E-state index contributed by atoms with van der Waals surface area (Å²) in [6.45, 7) is 0.600. The monoisotopic (exact) mass is 356 g/mol. The zero-order valence-electron chi connectivity index (χ0n) is 13.4. The van der Waals surface area contributed by atoms with Crippen molar-refractivity contribution in [3.8, 4) is 0 Å². The Labute approximate surface area is 142 Å². The molecule has 0 bridgehead atoms.